The fourth-order valence-corrected chi connectivity index (χ4v) is 2.12. The van der Waals surface area contributed by atoms with E-state index in [1.807, 2.05) is 6.92 Å². The Morgan fingerprint density at radius 3 is 2.89 bits per heavy atom. The van der Waals surface area contributed by atoms with Crippen LogP contribution in [0.1, 0.15) is 18.5 Å². The van der Waals surface area contributed by atoms with E-state index in [4.69, 9.17) is 10.2 Å². The molecule has 0 unspecified atom stereocenters. The lowest BCUT2D eigenvalue weighted by atomic mass is 10.1. The molecule has 1 saturated heterocycles. The molecule has 3 heterocycles. The van der Waals surface area contributed by atoms with Crippen molar-refractivity contribution in [2.75, 3.05) is 18.0 Å². The Kier molecular flexibility index (Phi) is 2.75. The molecule has 2 aromatic rings. The molecule has 1 aliphatic rings. The van der Waals surface area contributed by atoms with Crippen LogP contribution in [0.3, 0.4) is 0 Å². The number of aromatic nitrogens is 4. The molecule has 3 N–H and O–H groups in total. The summed E-state index contributed by atoms with van der Waals surface area (Å²) in [6.07, 6.45) is 3.36. The van der Waals surface area contributed by atoms with Crippen molar-refractivity contribution in [3.63, 3.8) is 0 Å². The molecule has 96 valence electrons. The Morgan fingerprint density at radius 2 is 2.22 bits per heavy atom. The maximum Gasteiger partial charge on any atom is 0.245 e. The van der Waals surface area contributed by atoms with Gasteiger partial charge >= 0.3 is 0 Å². The number of H-pyrrole nitrogens is 1. The molecule has 0 bridgehead atoms. The maximum atomic E-state index is 5.88. The van der Waals surface area contributed by atoms with Crippen molar-refractivity contribution in [2.24, 2.45) is 5.73 Å². The largest absolute Gasteiger partial charge is 0.440 e. The lowest BCUT2D eigenvalue weighted by Crippen LogP contribution is -2.40. The van der Waals surface area contributed by atoms with Crippen molar-refractivity contribution >= 4 is 5.95 Å². The summed E-state index contributed by atoms with van der Waals surface area (Å²) in [7, 11) is 0. The number of anilines is 1. The lowest BCUT2D eigenvalue weighted by molar-refractivity contribution is 0.496. The summed E-state index contributed by atoms with van der Waals surface area (Å²) in [5.41, 5.74) is 6.68. The van der Waals surface area contributed by atoms with Gasteiger partial charge in [-0.05, 0) is 19.8 Å². The van der Waals surface area contributed by atoms with Crippen LogP contribution >= 0.6 is 0 Å². The van der Waals surface area contributed by atoms with E-state index < -0.39 is 0 Å². The van der Waals surface area contributed by atoms with E-state index in [0.29, 0.717) is 23.6 Å². The quantitative estimate of drug-likeness (QED) is 0.811. The van der Waals surface area contributed by atoms with Crippen LogP contribution in [0.5, 0.6) is 0 Å². The second kappa shape index (κ2) is 4.41. The van der Waals surface area contributed by atoms with Gasteiger partial charge in [-0.2, -0.15) is 4.98 Å². The Labute approximate surface area is 104 Å². The zero-order valence-corrected chi connectivity index (χ0v) is 10.3. The van der Waals surface area contributed by atoms with Gasteiger partial charge in [0.2, 0.25) is 5.95 Å². The van der Waals surface area contributed by atoms with Gasteiger partial charge in [0, 0.05) is 19.1 Å². The highest BCUT2D eigenvalue weighted by Crippen LogP contribution is 2.21. The maximum absolute atomic E-state index is 5.88. The fraction of sp³-hybridized carbons (Fsp3) is 0.545. The van der Waals surface area contributed by atoms with Crippen molar-refractivity contribution in [3.8, 4) is 11.6 Å². The normalized spacial score (nSPS) is 17.3. The van der Waals surface area contributed by atoms with E-state index in [2.05, 4.69) is 25.1 Å². The zero-order valence-electron chi connectivity index (χ0n) is 10.3. The van der Waals surface area contributed by atoms with Crippen molar-refractivity contribution in [3.05, 3.63) is 12.1 Å². The number of hydrogen-bond acceptors (Lipinski definition) is 6. The molecule has 0 atom stereocenters. The lowest BCUT2D eigenvalue weighted by Gasteiger charge is -2.28. The molecule has 18 heavy (non-hydrogen) atoms. The van der Waals surface area contributed by atoms with Crippen LogP contribution < -0.4 is 10.6 Å². The Bertz CT molecular complexity index is 525. The first-order valence-corrected chi connectivity index (χ1v) is 6.07. The summed E-state index contributed by atoms with van der Waals surface area (Å²) in [6, 6.07) is 0.302. The SMILES string of the molecule is Cc1ncoc1-c1nc(N2CCC(N)CC2)n[nH]1. The second-order valence-corrected chi connectivity index (χ2v) is 4.58. The summed E-state index contributed by atoms with van der Waals surface area (Å²) in [4.78, 5) is 10.6. The van der Waals surface area contributed by atoms with Crippen molar-refractivity contribution < 1.29 is 4.42 Å². The van der Waals surface area contributed by atoms with Gasteiger partial charge in [0.25, 0.3) is 0 Å². The van der Waals surface area contributed by atoms with E-state index in [9.17, 15) is 0 Å². The van der Waals surface area contributed by atoms with E-state index in [-0.39, 0.29) is 0 Å². The van der Waals surface area contributed by atoms with Gasteiger partial charge in [-0.25, -0.2) is 4.98 Å². The van der Waals surface area contributed by atoms with Crippen LogP contribution in [0, 0.1) is 6.92 Å². The highest BCUT2D eigenvalue weighted by atomic mass is 16.3. The highest BCUT2D eigenvalue weighted by Gasteiger charge is 2.20. The summed E-state index contributed by atoms with van der Waals surface area (Å²) < 4.78 is 5.28. The highest BCUT2D eigenvalue weighted by molar-refractivity contribution is 5.51. The minimum atomic E-state index is 0.302. The number of nitrogens with two attached hydrogens (primary N) is 1. The van der Waals surface area contributed by atoms with Gasteiger partial charge in [0.15, 0.2) is 18.0 Å². The average molecular weight is 248 g/mol. The number of piperidine rings is 1. The molecule has 0 amide bonds. The second-order valence-electron chi connectivity index (χ2n) is 4.58. The van der Waals surface area contributed by atoms with Crippen LogP contribution in [0.4, 0.5) is 5.95 Å². The fourth-order valence-electron chi connectivity index (χ4n) is 2.12. The monoisotopic (exact) mass is 248 g/mol. The van der Waals surface area contributed by atoms with Gasteiger partial charge in [-0.15, -0.1) is 5.10 Å². The van der Waals surface area contributed by atoms with Gasteiger partial charge in [-0.3, -0.25) is 5.10 Å². The molecule has 0 aromatic carbocycles. The summed E-state index contributed by atoms with van der Waals surface area (Å²) in [5.74, 6) is 1.96. The third-order valence-corrected chi connectivity index (χ3v) is 3.26. The van der Waals surface area contributed by atoms with Gasteiger partial charge in [0.05, 0.1) is 5.69 Å². The predicted octanol–water partition coefficient (Wildman–Crippen LogP) is 0.696. The first kappa shape index (κ1) is 11.2. The number of nitrogens with one attached hydrogen (secondary N) is 1. The molecule has 2 aromatic heterocycles. The number of hydrogen-bond donors (Lipinski definition) is 2. The van der Waals surface area contributed by atoms with E-state index in [0.717, 1.165) is 31.6 Å². The number of aryl methyl sites for hydroxylation is 1. The Balaban J connectivity index is 1.80. The number of rotatable bonds is 2. The molecule has 1 fully saturated rings. The molecule has 7 heteroatoms. The van der Waals surface area contributed by atoms with Crippen LogP contribution in [0.15, 0.2) is 10.8 Å². The summed E-state index contributed by atoms with van der Waals surface area (Å²) in [6.45, 7) is 3.67. The minimum absolute atomic E-state index is 0.302. The van der Waals surface area contributed by atoms with Crippen LogP contribution in [-0.2, 0) is 0 Å². The van der Waals surface area contributed by atoms with Crippen molar-refractivity contribution in [2.45, 2.75) is 25.8 Å². The van der Waals surface area contributed by atoms with Crippen molar-refractivity contribution in [1.29, 1.82) is 0 Å². The molecule has 0 spiro atoms. The summed E-state index contributed by atoms with van der Waals surface area (Å²) >= 11 is 0. The van der Waals surface area contributed by atoms with E-state index in [1.165, 1.54) is 6.39 Å². The predicted molar refractivity (Wildman–Crippen MR) is 66.0 cm³/mol. The van der Waals surface area contributed by atoms with Crippen molar-refractivity contribution in [1.82, 2.24) is 20.2 Å². The molecule has 0 aliphatic carbocycles. The Morgan fingerprint density at radius 1 is 1.44 bits per heavy atom. The van der Waals surface area contributed by atoms with E-state index in [1.54, 1.807) is 0 Å². The first-order valence-electron chi connectivity index (χ1n) is 6.07. The molecular weight excluding hydrogens is 232 g/mol. The summed E-state index contributed by atoms with van der Waals surface area (Å²) in [5, 5.41) is 7.11. The van der Waals surface area contributed by atoms with Gasteiger partial charge in [0.1, 0.15) is 0 Å². The molecule has 7 nitrogen and oxygen atoms in total. The van der Waals surface area contributed by atoms with Crippen LogP contribution in [0.25, 0.3) is 11.6 Å². The first-order chi connectivity index (χ1) is 8.74. The molecule has 0 saturated carbocycles. The smallest absolute Gasteiger partial charge is 0.245 e. The van der Waals surface area contributed by atoms with E-state index >= 15 is 0 Å². The standard InChI is InChI=1S/C11H16N6O/c1-7-9(18-6-13-7)10-14-11(16-15-10)17-4-2-8(12)3-5-17/h6,8H,2-5,12H2,1H3,(H,14,15,16). The number of nitrogens with zero attached hydrogens (tertiary/aromatic N) is 4. The molecular formula is C11H16N6O. The number of aromatic amines is 1. The van der Waals surface area contributed by atoms with Gasteiger partial charge in [-0.1, -0.05) is 0 Å². The topological polar surface area (TPSA) is 96.9 Å². The zero-order chi connectivity index (χ0) is 12.5. The third-order valence-electron chi connectivity index (χ3n) is 3.26. The number of oxazole rings is 1. The van der Waals surface area contributed by atoms with Crippen LogP contribution in [0.2, 0.25) is 0 Å². The third kappa shape index (κ3) is 1.97. The van der Waals surface area contributed by atoms with Gasteiger partial charge < -0.3 is 15.1 Å². The minimum Gasteiger partial charge on any atom is -0.440 e. The molecule has 3 rings (SSSR count). The van der Waals surface area contributed by atoms with Crippen LogP contribution in [-0.4, -0.2) is 39.3 Å². The Hall–Kier alpha value is -1.89. The molecule has 1 aliphatic heterocycles. The molecule has 0 radical (unpaired) electrons. The average Bonchev–Trinajstić information content (AvgIpc) is 2.98.